The largest absolute Gasteiger partial charge is 0.493 e. The number of rotatable bonds is 7. The van der Waals surface area contributed by atoms with Crippen LogP contribution in [-0.2, 0) is 0 Å². The summed E-state index contributed by atoms with van der Waals surface area (Å²) >= 11 is 3.38. The second-order valence-electron chi connectivity index (χ2n) is 4.23. The van der Waals surface area contributed by atoms with Crippen LogP contribution in [0.4, 0.5) is 0 Å². The van der Waals surface area contributed by atoms with Crippen LogP contribution in [0.1, 0.15) is 30.1 Å². The summed E-state index contributed by atoms with van der Waals surface area (Å²) in [6.07, 6.45) is 2.82. The lowest BCUT2D eigenvalue weighted by molar-refractivity contribution is 0.0912. The minimum Gasteiger partial charge on any atom is -0.493 e. The van der Waals surface area contributed by atoms with Gasteiger partial charge in [-0.25, -0.2) is 10.4 Å². The van der Waals surface area contributed by atoms with Gasteiger partial charge in [0.15, 0.2) is 0 Å². The van der Waals surface area contributed by atoms with Gasteiger partial charge >= 0.3 is 11.9 Å². The van der Waals surface area contributed by atoms with Crippen LogP contribution in [0.2, 0.25) is 0 Å². The number of ether oxygens (including phenoxy) is 2. The van der Waals surface area contributed by atoms with Gasteiger partial charge in [0, 0.05) is 10.0 Å². The van der Waals surface area contributed by atoms with Gasteiger partial charge in [0.1, 0.15) is 11.9 Å². The van der Waals surface area contributed by atoms with Crippen molar-refractivity contribution in [3.8, 4) is 11.7 Å². The zero-order chi connectivity index (χ0) is 16.7. The van der Waals surface area contributed by atoms with Crippen molar-refractivity contribution in [1.29, 1.82) is 0 Å². The molecule has 0 aliphatic rings. The predicted molar refractivity (Wildman–Crippen MR) is 88.0 cm³/mol. The summed E-state index contributed by atoms with van der Waals surface area (Å²) in [6.45, 7) is 4.66. The molecule has 0 spiro atoms. The first-order valence-electron chi connectivity index (χ1n) is 6.98. The zero-order valence-electron chi connectivity index (χ0n) is 12.7. The molecule has 0 unspecified atom stereocenters. The Balaban J connectivity index is 2.03. The highest BCUT2D eigenvalue weighted by Gasteiger charge is 2.13. The van der Waals surface area contributed by atoms with Crippen molar-refractivity contribution in [3.05, 3.63) is 40.3 Å². The summed E-state index contributed by atoms with van der Waals surface area (Å²) in [4.78, 5) is 15.7. The number of hydrogen-bond acceptors (Lipinski definition) is 6. The molecule has 1 heterocycles. The van der Waals surface area contributed by atoms with Crippen LogP contribution in [0.15, 0.2) is 38.4 Å². The molecule has 7 nitrogen and oxygen atoms in total. The highest BCUT2D eigenvalue weighted by molar-refractivity contribution is 9.10. The number of amides is 1. The van der Waals surface area contributed by atoms with E-state index in [4.69, 9.17) is 13.9 Å². The van der Waals surface area contributed by atoms with E-state index in [9.17, 15) is 4.79 Å². The van der Waals surface area contributed by atoms with Crippen LogP contribution in [0.25, 0.3) is 0 Å². The van der Waals surface area contributed by atoms with Gasteiger partial charge in [-0.2, -0.15) is 5.10 Å². The fraction of sp³-hybridized carbons (Fsp3) is 0.267. The molecule has 8 heteroatoms. The number of nitrogens with zero attached hydrogens (tertiary/aromatic N) is 2. The highest BCUT2D eigenvalue weighted by Crippen LogP contribution is 2.21. The van der Waals surface area contributed by atoms with Gasteiger partial charge in [0.25, 0.3) is 5.89 Å². The Labute approximate surface area is 141 Å². The molecule has 1 aromatic heterocycles. The summed E-state index contributed by atoms with van der Waals surface area (Å²) < 4.78 is 16.6. The first-order chi connectivity index (χ1) is 11.1. The van der Waals surface area contributed by atoms with Crippen LogP contribution in [0.3, 0.4) is 0 Å². The topological polar surface area (TPSA) is 86.0 Å². The maximum atomic E-state index is 11.9. The number of benzene rings is 1. The molecule has 1 N–H and O–H groups in total. The van der Waals surface area contributed by atoms with Gasteiger partial charge in [-0.3, -0.25) is 4.79 Å². The Bertz CT molecular complexity index is 700. The van der Waals surface area contributed by atoms with E-state index in [1.54, 1.807) is 6.92 Å². The van der Waals surface area contributed by atoms with Gasteiger partial charge in [-0.1, -0.05) is 15.9 Å². The lowest BCUT2D eigenvalue weighted by Gasteiger charge is -2.06. The number of carbonyl (C=O) groups excluding carboxylic acids is 1. The van der Waals surface area contributed by atoms with Gasteiger partial charge in [0.2, 0.25) is 0 Å². The van der Waals surface area contributed by atoms with E-state index in [0.29, 0.717) is 19.0 Å². The molecule has 0 radical (unpaired) electrons. The third-order valence-electron chi connectivity index (χ3n) is 2.61. The Morgan fingerprint density at radius 2 is 2.17 bits per heavy atom. The normalized spacial score (nSPS) is 10.7. The van der Waals surface area contributed by atoms with E-state index in [2.05, 4.69) is 31.4 Å². The summed E-state index contributed by atoms with van der Waals surface area (Å²) in [6, 6.07) is 5.52. The molecular formula is C15H16BrN3O4. The van der Waals surface area contributed by atoms with Crippen molar-refractivity contribution in [2.24, 2.45) is 5.10 Å². The lowest BCUT2D eigenvalue weighted by Crippen LogP contribution is -2.17. The molecule has 0 fully saturated rings. The Morgan fingerprint density at radius 3 is 2.91 bits per heavy atom. The second-order valence-corrected chi connectivity index (χ2v) is 5.15. The minimum absolute atomic E-state index is 0.120. The SMILES string of the molecule is CCOc1cnc(C(=O)N/N=C\c2cc(Br)ccc2OCC)o1. The fourth-order valence-corrected chi connectivity index (χ4v) is 2.07. The average Bonchev–Trinajstić information content (AvgIpc) is 2.99. The Hall–Kier alpha value is -2.35. The van der Waals surface area contributed by atoms with Crippen LogP contribution in [0.5, 0.6) is 11.7 Å². The first-order valence-corrected chi connectivity index (χ1v) is 7.77. The van der Waals surface area contributed by atoms with E-state index in [1.807, 2.05) is 25.1 Å². The van der Waals surface area contributed by atoms with E-state index >= 15 is 0 Å². The number of nitrogens with one attached hydrogen (secondary N) is 1. The van der Waals surface area contributed by atoms with Crippen molar-refractivity contribution < 1.29 is 18.7 Å². The molecule has 23 heavy (non-hydrogen) atoms. The Kier molecular flexibility index (Phi) is 6.16. The summed E-state index contributed by atoms with van der Waals surface area (Å²) in [7, 11) is 0. The molecule has 2 rings (SSSR count). The van der Waals surface area contributed by atoms with E-state index in [-0.39, 0.29) is 11.8 Å². The molecule has 1 amide bonds. The van der Waals surface area contributed by atoms with Crippen molar-refractivity contribution in [3.63, 3.8) is 0 Å². The number of aromatic nitrogens is 1. The monoisotopic (exact) mass is 381 g/mol. The molecule has 0 aliphatic heterocycles. The van der Waals surface area contributed by atoms with E-state index < -0.39 is 5.91 Å². The van der Waals surface area contributed by atoms with Crippen LogP contribution < -0.4 is 14.9 Å². The van der Waals surface area contributed by atoms with Crippen LogP contribution >= 0.6 is 15.9 Å². The third kappa shape index (κ3) is 4.82. The average molecular weight is 382 g/mol. The number of hydrazone groups is 1. The fourth-order valence-electron chi connectivity index (χ4n) is 1.69. The molecule has 1 aromatic carbocycles. The summed E-state index contributed by atoms with van der Waals surface area (Å²) in [5, 5.41) is 3.89. The van der Waals surface area contributed by atoms with E-state index in [0.717, 1.165) is 10.0 Å². The molecule has 0 aliphatic carbocycles. The highest BCUT2D eigenvalue weighted by atomic mass is 79.9. The molecule has 0 bridgehead atoms. The number of oxazole rings is 1. The lowest BCUT2D eigenvalue weighted by atomic mass is 10.2. The zero-order valence-corrected chi connectivity index (χ0v) is 14.3. The van der Waals surface area contributed by atoms with Crippen LogP contribution in [0, 0.1) is 0 Å². The molecule has 0 saturated heterocycles. The molecule has 0 saturated carbocycles. The number of carbonyl (C=O) groups is 1. The molecule has 2 aromatic rings. The predicted octanol–water partition coefficient (Wildman–Crippen LogP) is 3.00. The second kappa shape index (κ2) is 8.33. The van der Waals surface area contributed by atoms with Gasteiger partial charge in [-0.05, 0) is 32.0 Å². The maximum absolute atomic E-state index is 11.9. The van der Waals surface area contributed by atoms with Crippen molar-refractivity contribution >= 4 is 28.1 Å². The van der Waals surface area contributed by atoms with Gasteiger partial charge in [0.05, 0.1) is 19.4 Å². The first kappa shape index (κ1) is 17.0. The van der Waals surface area contributed by atoms with Crippen molar-refractivity contribution in [1.82, 2.24) is 10.4 Å². The molecule has 0 atom stereocenters. The molecular weight excluding hydrogens is 366 g/mol. The van der Waals surface area contributed by atoms with Crippen molar-refractivity contribution in [2.45, 2.75) is 13.8 Å². The smallest absolute Gasteiger partial charge is 0.327 e. The minimum atomic E-state index is -0.569. The summed E-state index contributed by atoms with van der Waals surface area (Å²) in [5.74, 6) is 0.167. The van der Waals surface area contributed by atoms with Crippen LogP contribution in [-0.4, -0.2) is 30.3 Å². The quantitative estimate of drug-likeness (QED) is 0.588. The van der Waals surface area contributed by atoms with Gasteiger partial charge < -0.3 is 13.9 Å². The number of hydrogen-bond donors (Lipinski definition) is 1. The maximum Gasteiger partial charge on any atom is 0.327 e. The standard InChI is InChI=1S/C15H16BrN3O4/c1-3-21-12-6-5-11(16)7-10(12)8-18-19-14(20)15-17-9-13(23-15)22-4-2/h5-9H,3-4H2,1-2H3,(H,19,20)/b18-8-. The third-order valence-corrected chi connectivity index (χ3v) is 3.10. The molecule has 122 valence electrons. The number of halogens is 1. The van der Waals surface area contributed by atoms with Crippen molar-refractivity contribution in [2.75, 3.05) is 13.2 Å². The van der Waals surface area contributed by atoms with E-state index in [1.165, 1.54) is 12.4 Å². The summed E-state index contributed by atoms with van der Waals surface area (Å²) in [5.41, 5.74) is 3.07. The Morgan fingerprint density at radius 1 is 1.39 bits per heavy atom. The van der Waals surface area contributed by atoms with Gasteiger partial charge in [-0.15, -0.1) is 0 Å².